The van der Waals surface area contributed by atoms with E-state index in [0.717, 1.165) is 42.8 Å². The SMILES string of the molecule is O=C(/C=C/CF)N1CCC2CCN(c3ncnc4[nH]ccc34)C2C1. The van der Waals surface area contributed by atoms with Gasteiger partial charge in [0.2, 0.25) is 5.91 Å². The number of carbonyl (C=O) groups is 1. The molecule has 1 N–H and O–H groups in total. The number of aromatic amines is 1. The molecule has 2 aromatic rings. The van der Waals surface area contributed by atoms with Gasteiger partial charge in [0.15, 0.2) is 0 Å². The molecule has 2 unspecified atom stereocenters. The third kappa shape index (κ3) is 2.53. The number of aromatic nitrogens is 3. The lowest BCUT2D eigenvalue weighted by molar-refractivity contribution is -0.127. The van der Waals surface area contributed by atoms with E-state index in [2.05, 4.69) is 19.9 Å². The molecule has 0 spiro atoms. The Kier molecular flexibility index (Phi) is 3.92. The third-order valence-electron chi connectivity index (χ3n) is 5.13. The van der Waals surface area contributed by atoms with Crippen molar-refractivity contribution in [1.82, 2.24) is 19.9 Å². The van der Waals surface area contributed by atoms with Crippen molar-refractivity contribution in [3.05, 3.63) is 30.7 Å². The normalized spacial score (nSPS) is 24.0. The lowest BCUT2D eigenvalue weighted by atomic mass is 9.92. The molecule has 126 valence electrons. The molecular weight excluding hydrogens is 309 g/mol. The summed E-state index contributed by atoms with van der Waals surface area (Å²) in [6, 6.07) is 2.25. The molecule has 6 nitrogen and oxygen atoms in total. The van der Waals surface area contributed by atoms with Gasteiger partial charge in [-0.25, -0.2) is 14.4 Å². The minimum Gasteiger partial charge on any atom is -0.351 e. The molecule has 0 radical (unpaired) electrons. The summed E-state index contributed by atoms with van der Waals surface area (Å²) in [6.07, 6.45) is 8.16. The van der Waals surface area contributed by atoms with Gasteiger partial charge in [0.1, 0.15) is 24.5 Å². The number of H-pyrrole nitrogens is 1. The first-order chi connectivity index (χ1) is 11.8. The number of nitrogens with one attached hydrogen (secondary N) is 1. The third-order valence-corrected chi connectivity index (χ3v) is 5.13. The smallest absolute Gasteiger partial charge is 0.246 e. The standard InChI is InChI=1S/C17H20FN5O/c18-6-1-2-15(24)22-8-4-12-5-9-23(14(12)10-22)17-13-3-7-19-16(13)20-11-21-17/h1-3,7,11-12,14H,4-6,8-10H2,(H,19,20,21)/b2-1+. The number of hydrogen-bond acceptors (Lipinski definition) is 4. The monoisotopic (exact) mass is 329 g/mol. The van der Waals surface area contributed by atoms with E-state index < -0.39 is 6.67 Å². The topological polar surface area (TPSA) is 65.1 Å². The molecule has 1 amide bonds. The number of fused-ring (bicyclic) bond motifs is 2. The van der Waals surface area contributed by atoms with Crippen LogP contribution in [-0.2, 0) is 4.79 Å². The molecule has 2 aliphatic rings. The highest BCUT2D eigenvalue weighted by Crippen LogP contribution is 2.36. The summed E-state index contributed by atoms with van der Waals surface area (Å²) < 4.78 is 12.3. The first-order valence-electron chi connectivity index (χ1n) is 8.34. The van der Waals surface area contributed by atoms with E-state index in [4.69, 9.17) is 0 Å². The second-order valence-corrected chi connectivity index (χ2v) is 6.38. The number of likely N-dealkylation sites (tertiary alicyclic amines) is 1. The molecule has 0 aromatic carbocycles. The van der Waals surface area contributed by atoms with Crippen LogP contribution in [0, 0.1) is 5.92 Å². The van der Waals surface area contributed by atoms with Crippen LogP contribution in [0.5, 0.6) is 0 Å². The highest BCUT2D eigenvalue weighted by atomic mass is 19.1. The van der Waals surface area contributed by atoms with Gasteiger partial charge in [0.05, 0.1) is 11.4 Å². The summed E-state index contributed by atoms with van der Waals surface area (Å²) in [7, 11) is 0. The summed E-state index contributed by atoms with van der Waals surface area (Å²) >= 11 is 0. The summed E-state index contributed by atoms with van der Waals surface area (Å²) in [5, 5.41) is 1.01. The maximum atomic E-state index is 12.3. The van der Waals surface area contributed by atoms with Crippen molar-refractivity contribution < 1.29 is 9.18 Å². The van der Waals surface area contributed by atoms with Crippen LogP contribution in [0.15, 0.2) is 30.7 Å². The van der Waals surface area contributed by atoms with Gasteiger partial charge in [-0.15, -0.1) is 0 Å². The predicted octanol–water partition coefficient (Wildman–Crippen LogP) is 1.91. The van der Waals surface area contributed by atoms with E-state index in [0.29, 0.717) is 12.5 Å². The quantitative estimate of drug-likeness (QED) is 0.874. The minimum atomic E-state index is -0.607. The Labute approximate surface area is 139 Å². The Morgan fingerprint density at radius 2 is 2.25 bits per heavy atom. The number of amides is 1. The number of nitrogens with zero attached hydrogens (tertiary/aromatic N) is 4. The van der Waals surface area contributed by atoms with Gasteiger partial charge in [-0.3, -0.25) is 4.79 Å². The molecule has 24 heavy (non-hydrogen) atoms. The molecule has 0 bridgehead atoms. The molecule has 0 saturated carbocycles. The molecule has 4 heterocycles. The van der Waals surface area contributed by atoms with Crippen LogP contribution in [-0.4, -0.2) is 58.1 Å². The van der Waals surface area contributed by atoms with Crippen molar-refractivity contribution in [1.29, 1.82) is 0 Å². The number of piperidine rings is 1. The van der Waals surface area contributed by atoms with E-state index in [1.807, 2.05) is 17.2 Å². The maximum Gasteiger partial charge on any atom is 0.246 e. The number of anilines is 1. The molecule has 0 aliphatic carbocycles. The zero-order valence-electron chi connectivity index (χ0n) is 13.4. The highest BCUT2D eigenvalue weighted by Gasteiger charge is 2.40. The maximum absolute atomic E-state index is 12.3. The average Bonchev–Trinajstić information content (AvgIpc) is 3.25. The lowest BCUT2D eigenvalue weighted by Gasteiger charge is -2.38. The molecule has 2 aromatic heterocycles. The van der Waals surface area contributed by atoms with E-state index in [-0.39, 0.29) is 11.9 Å². The van der Waals surface area contributed by atoms with Gasteiger partial charge in [0, 0.05) is 31.9 Å². The van der Waals surface area contributed by atoms with Crippen molar-refractivity contribution in [2.24, 2.45) is 5.92 Å². The Bertz CT molecular complexity index is 773. The number of carbonyl (C=O) groups excluding carboxylic acids is 1. The summed E-state index contributed by atoms with van der Waals surface area (Å²) in [6.45, 7) is 1.74. The first-order valence-corrected chi connectivity index (χ1v) is 8.34. The molecular formula is C17H20FN5O. The highest BCUT2D eigenvalue weighted by molar-refractivity contribution is 5.89. The average molecular weight is 329 g/mol. The zero-order valence-corrected chi connectivity index (χ0v) is 13.4. The van der Waals surface area contributed by atoms with Gasteiger partial charge >= 0.3 is 0 Å². The number of hydrogen-bond donors (Lipinski definition) is 1. The van der Waals surface area contributed by atoms with E-state index in [9.17, 15) is 9.18 Å². The summed E-state index contributed by atoms with van der Waals surface area (Å²) in [5.74, 6) is 1.40. The van der Waals surface area contributed by atoms with E-state index >= 15 is 0 Å². The molecule has 2 saturated heterocycles. The molecule has 2 aliphatic heterocycles. The molecule has 4 rings (SSSR count). The van der Waals surface area contributed by atoms with Gasteiger partial charge in [-0.1, -0.05) is 0 Å². The predicted molar refractivity (Wildman–Crippen MR) is 89.4 cm³/mol. The second kappa shape index (κ2) is 6.22. The number of rotatable bonds is 3. The van der Waals surface area contributed by atoms with Gasteiger partial charge in [-0.05, 0) is 30.9 Å². The van der Waals surface area contributed by atoms with Crippen molar-refractivity contribution >= 4 is 22.8 Å². The van der Waals surface area contributed by atoms with Crippen LogP contribution < -0.4 is 4.90 Å². The molecule has 7 heteroatoms. The fraction of sp³-hybridized carbons (Fsp3) is 0.471. The number of halogens is 1. The fourth-order valence-corrected chi connectivity index (χ4v) is 3.94. The fourth-order valence-electron chi connectivity index (χ4n) is 3.94. The Morgan fingerprint density at radius 1 is 1.38 bits per heavy atom. The summed E-state index contributed by atoms with van der Waals surface area (Å²) in [5.41, 5.74) is 0.832. The van der Waals surface area contributed by atoms with Crippen molar-refractivity contribution in [3.63, 3.8) is 0 Å². The minimum absolute atomic E-state index is 0.104. The van der Waals surface area contributed by atoms with Crippen LogP contribution in [0.1, 0.15) is 12.8 Å². The van der Waals surface area contributed by atoms with E-state index in [1.54, 1.807) is 6.33 Å². The van der Waals surface area contributed by atoms with Gasteiger partial charge in [0.25, 0.3) is 0 Å². The molecule has 2 fully saturated rings. The zero-order chi connectivity index (χ0) is 16.5. The summed E-state index contributed by atoms with van der Waals surface area (Å²) in [4.78, 5) is 28.2. The van der Waals surface area contributed by atoms with Gasteiger partial charge < -0.3 is 14.8 Å². The van der Waals surface area contributed by atoms with Crippen LogP contribution in [0.4, 0.5) is 10.2 Å². The first kappa shape index (κ1) is 15.1. The van der Waals surface area contributed by atoms with E-state index in [1.165, 1.54) is 12.2 Å². The lowest BCUT2D eigenvalue weighted by Crippen LogP contribution is -2.50. The van der Waals surface area contributed by atoms with Crippen molar-refractivity contribution in [2.75, 3.05) is 31.2 Å². The van der Waals surface area contributed by atoms with Crippen molar-refractivity contribution in [2.45, 2.75) is 18.9 Å². The van der Waals surface area contributed by atoms with Crippen LogP contribution in [0.2, 0.25) is 0 Å². The second-order valence-electron chi connectivity index (χ2n) is 6.38. The van der Waals surface area contributed by atoms with Crippen LogP contribution in [0.25, 0.3) is 11.0 Å². The van der Waals surface area contributed by atoms with Gasteiger partial charge in [-0.2, -0.15) is 0 Å². The number of alkyl halides is 1. The van der Waals surface area contributed by atoms with Crippen LogP contribution >= 0.6 is 0 Å². The largest absolute Gasteiger partial charge is 0.351 e. The Morgan fingerprint density at radius 3 is 3.12 bits per heavy atom. The van der Waals surface area contributed by atoms with Crippen molar-refractivity contribution in [3.8, 4) is 0 Å². The Hall–Kier alpha value is -2.44. The molecule has 2 atom stereocenters. The van der Waals surface area contributed by atoms with Crippen LogP contribution in [0.3, 0.4) is 0 Å². The Balaban J connectivity index is 1.59. The number of allylic oxidation sites excluding steroid dienone is 1.